The van der Waals surface area contributed by atoms with E-state index in [4.69, 9.17) is 0 Å². The predicted molar refractivity (Wildman–Crippen MR) is 132 cm³/mol. The molecule has 2 N–H and O–H groups in total. The fourth-order valence-corrected chi connectivity index (χ4v) is 4.11. The maximum absolute atomic E-state index is 12.9. The fraction of sp³-hybridized carbons (Fsp3) is 0.160. The number of hydrogen-bond acceptors (Lipinski definition) is 6. The molecule has 0 fully saturated rings. The van der Waals surface area contributed by atoms with Crippen LogP contribution in [0.25, 0.3) is 5.69 Å². The predicted octanol–water partition coefficient (Wildman–Crippen LogP) is 4.19. The van der Waals surface area contributed by atoms with Gasteiger partial charge in [0.05, 0.1) is 28.7 Å². The maximum Gasteiger partial charge on any atom is 0.253 e. The van der Waals surface area contributed by atoms with Gasteiger partial charge in [-0.25, -0.2) is 0 Å². The van der Waals surface area contributed by atoms with Crippen molar-refractivity contribution in [3.63, 3.8) is 0 Å². The molecule has 3 aromatic carbocycles. The van der Waals surface area contributed by atoms with Crippen LogP contribution in [-0.2, 0) is 4.79 Å². The lowest BCUT2D eigenvalue weighted by Crippen LogP contribution is -2.28. The standard InChI is InChI=1S/C25H24N6O2S/c1-17-10-6-9-15-22(17)31-25(28-29-30-31)34-16-23(32)27-21-14-8-7-13-20(21)24(33)26-18(2)19-11-4-3-5-12-19/h3-15,18H,16H2,1-2H3,(H,26,33)(H,27,32)/t18-/m1/s1. The second kappa shape index (κ2) is 10.8. The molecule has 2 amide bonds. The van der Waals surface area contributed by atoms with E-state index in [1.165, 1.54) is 11.8 Å². The normalized spacial score (nSPS) is 11.6. The number of aryl methyl sites for hydroxylation is 1. The summed E-state index contributed by atoms with van der Waals surface area (Å²) in [6.45, 7) is 3.89. The van der Waals surface area contributed by atoms with E-state index in [2.05, 4.69) is 26.2 Å². The van der Waals surface area contributed by atoms with Crippen molar-refractivity contribution >= 4 is 29.3 Å². The van der Waals surface area contributed by atoms with Gasteiger partial charge in [0.25, 0.3) is 5.91 Å². The highest BCUT2D eigenvalue weighted by Crippen LogP contribution is 2.22. The van der Waals surface area contributed by atoms with Crippen LogP contribution in [0.1, 0.15) is 34.5 Å². The number of nitrogens with zero attached hydrogens (tertiary/aromatic N) is 4. The molecule has 0 aliphatic rings. The summed E-state index contributed by atoms with van der Waals surface area (Å²) >= 11 is 1.22. The number of aromatic nitrogens is 4. The summed E-state index contributed by atoms with van der Waals surface area (Å²) in [5.74, 6) is -0.438. The SMILES string of the molecule is Cc1ccccc1-n1nnnc1SCC(=O)Nc1ccccc1C(=O)N[C@H](C)c1ccccc1. The number of carbonyl (C=O) groups is 2. The summed E-state index contributed by atoms with van der Waals surface area (Å²) in [4.78, 5) is 25.6. The Morgan fingerprint density at radius 3 is 2.47 bits per heavy atom. The van der Waals surface area contributed by atoms with Crippen LogP contribution in [0.3, 0.4) is 0 Å². The number of amides is 2. The molecule has 0 saturated heterocycles. The topological polar surface area (TPSA) is 102 Å². The number of tetrazole rings is 1. The molecule has 0 radical (unpaired) electrons. The van der Waals surface area contributed by atoms with Crippen molar-refractivity contribution in [2.45, 2.75) is 25.0 Å². The summed E-state index contributed by atoms with van der Waals surface area (Å²) < 4.78 is 1.61. The first-order valence-corrected chi connectivity index (χ1v) is 11.7. The zero-order valence-corrected chi connectivity index (χ0v) is 19.6. The van der Waals surface area contributed by atoms with E-state index in [0.29, 0.717) is 16.4 Å². The van der Waals surface area contributed by atoms with E-state index >= 15 is 0 Å². The molecule has 8 nitrogen and oxygen atoms in total. The minimum atomic E-state index is -0.263. The molecule has 1 atom stereocenters. The van der Waals surface area contributed by atoms with Crippen LogP contribution in [0.4, 0.5) is 5.69 Å². The van der Waals surface area contributed by atoms with Crippen LogP contribution in [0, 0.1) is 6.92 Å². The van der Waals surface area contributed by atoms with Gasteiger partial charge in [0.15, 0.2) is 0 Å². The lowest BCUT2D eigenvalue weighted by atomic mass is 10.1. The fourth-order valence-electron chi connectivity index (χ4n) is 3.43. The zero-order chi connectivity index (χ0) is 23.9. The smallest absolute Gasteiger partial charge is 0.253 e. The quantitative estimate of drug-likeness (QED) is 0.373. The van der Waals surface area contributed by atoms with Gasteiger partial charge in [-0.2, -0.15) is 4.68 Å². The van der Waals surface area contributed by atoms with Crippen molar-refractivity contribution in [2.75, 3.05) is 11.1 Å². The lowest BCUT2D eigenvalue weighted by Gasteiger charge is -2.16. The first-order valence-electron chi connectivity index (χ1n) is 10.7. The lowest BCUT2D eigenvalue weighted by molar-refractivity contribution is -0.113. The summed E-state index contributed by atoms with van der Waals surface area (Å²) in [6, 6.07) is 24.2. The average molecular weight is 473 g/mol. The van der Waals surface area contributed by atoms with Gasteiger partial charge in [0.2, 0.25) is 11.1 Å². The molecule has 1 aromatic heterocycles. The Morgan fingerprint density at radius 2 is 1.68 bits per heavy atom. The molecule has 0 saturated carbocycles. The Hall–Kier alpha value is -3.98. The first kappa shape index (κ1) is 23.2. The third kappa shape index (κ3) is 5.49. The summed E-state index contributed by atoms with van der Waals surface area (Å²) in [5.41, 5.74) is 3.72. The summed E-state index contributed by atoms with van der Waals surface area (Å²) in [7, 11) is 0. The molecule has 4 aromatic rings. The molecule has 0 aliphatic carbocycles. The van der Waals surface area contributed by atoms with Gasteiger partial charge in [-0.15, -0.1) is 5.10 Å². The molecule has 0 spiro atoms. The third-order valence-electron chi connectivity index (χ3n) is 5.21. The number of benzene rings is 3. The second-order valence-corrected chi connectivity index (χ2v) is 8.59. The highest BCUT2D eigenvalue weighted by atomic mass is 32.2. The van der Waals surface area contributed by atoms with Crippen LogP contribution in [0.5, 0.6) is 0 Å². The van der Waals surface area contributed by atoms with Gasteiger partial charge in [-0.05, 0) is 53.6 Å². The highest BCUT2D eigenvalue weighted by molar-refractivity contribution is 7.99. The van der Waals surface area contributed by atoms with Crippen LogP contribution in [0.15, 0.2) is 84.0 Å². The van der Waals surface area contributed by atoms with E-state index in [1.54, 1.807) is 28.9 Å². The van der Waals surface area contributed by atoms with Crippen molar-refractivity contribution in [3.05, 3.63) is 95.6 Å². The molecule has 0 aliphatic heterocycles. The molecule has 34 heavy (non-hydrogen) atoms. The van der Waals surface area contributed by atoms with Gasteiger partial charge in [0, 0.05) is 0 Å². The Kier molecular flexibility index (Phi) is 7.34. The van der Waals surface area contributed by atoms with Crippen LogP contribution in [0.2, 0.25) is 0 Å². The molecule has 0 bridgehead atoms. The van der Waals surface area contributed by atoms with Gasteiger partial charge < -0.3 is 10.6 Å². The molecule has 4 rings (SSSR count). The Balaban J connectivity index is 1.41. The van der Waals surface area contributed by atoms with Gasteiger partial charge in [-0.1, -0.05) is 72.4 Å². The van der Waals surface area contributed by atoms with E-state index in [0.717, 1.165) is 16.8 Å². The monoisotopic (exact) mass is 472 g/mol. The van der Waals surface area contributed by atoms with Crippen molar-refractivity contribution in [1.29, 1.82) is 0 Å². The molecular formula is C25H24N6O2S. The molecule has 9 heteroatoms. The van der Waals surface area contributed by atoms with E-state index < -0.39 is 0 Å². The minimum absolute atomic E-state index is 0.0859. The number of anilines is 1. The van der Waals surface area contributed by atoms with E-state index in [9.17, 15) is 9.59 Å². The second-order valence-electron chi connectivity index (χ2n) is 7.65. The van der Waals surface area contributed by atoms with Gasteiger partial charge in [-0.3, -0.25) is 9.59 Å². The van der Waals surface area contributed by atoms with Crippen LogP contribution in [-0.4, -0.2) is 37.8 Å². The maximum atomic E-state index is 12.9. The molecular weight excluding hydrogens is 448 g/mol. The number of nitrogens with one attached hydrogen (secondary N) is 2. The number of rotatable bonds is 8. The number of thioether (sulfide) groups is 1. The van der Waals surface area contributed by atoms with Crippen LogP contribution >= 0.6 is 11.8 Å². The molecule has 1 heterocycles. The first-order chi connectivity index (χ1) is 16.5. The molecule has 0 unspecified atom stereocenters. The van der Waals surface area contributed by atoms with Crippen molar-refractivity contribution in [1.82, 2.24) is 25.5 Å². The van der Waals surface area contributed by atoms with Crippen molar-refractivity contribution in [3.8, 4) is 5.69 Å². The number of carbonyl (C=O) groups excluding carboxylic acids is 2. The van der Waals surface area contributed by atoms with Crippen molar-refractivity contribution < 1.29 is 9.59 Å². The highest BCUT2D eigenvalue weighted by Gasteiger charge is 2.17. The van der Waals surface area contributed by atoms with Crippen molar-refractivity contribution in [2.24, 2.45) is 0 Å². The summed E-state index contributed by atoms with van der Waals surface area (Å²) in [6.07, 6.45) is 0. The minimum Gasteiger partial charge on any atom is -0.345 e. The largest absolute Gasteiger partial charge is 0.345 e. The number of hydrogen-bond donors (Lipinski definition) is 2. The van der Waals surface area contributed by atoms with E-state index in [1.807, 2.05) is 68.4 Å². The molecule has 172 valence electrons. The van der Waals surface area contributed by atoms with Gasteiger partial charge in [0.1, 0.15) is 0 Å². The number of para-hydroxylation sites is 2. The Morgan fingerprint density at radius 1 is 0.971 bits per heavy atom. The van der Waals surface area contributed by atoms with Crippen LogP contribution < -0.4 is 10.6 Å². The Bertz CT molecular complexity index is 1290. The Labute approximate surface area is 201 Å². The summed E-state index contributed by atoms with van der Waals surface area (Å²) in [5, 5.41) is 18.2. The van der Waals surface area contributed by atoms with E-state index in [-0.39, 0.29) is 23.6 Å². The average Bonchev–Trinajstić information content (AvgIpc) is 3.32. The van der Waals surface area contributed by atoms with Gasteiger partial charge >= 0.3 is 0 Å². The zero-order valence-electron chi connectivity index (χ0n) is 18.8. The third-order valence-corrected chi connectivity index (χ3v) is 6.13.